The third kappa shape index (κ3) is 6.23. The van der Waals surface area contributed by atoms with Crippen LogP contribution in [0.5, 0.6) is 17.2 Å². The lowest BCUT2D eigenvalue weighted by atomic mass is 10.1. The fraction of sp³-hybridized carbons (Fsp3) is 0.0800. The number of nitrogens with one attached hydrogen (secondary N) is 2. The average molecular weight is 490 g/mol. The fourth-order valence-electron chi connectivity index (χ4n) is 3.13. The lowest BCUT2D eigenvalue weighted by molar-refractivity contribution is -0.385. The van der Waals surface area contributed by atoms with E-state index < -0.39 is 16.7 Å². The van der Waals surface area contributed by atoms with Crippen LogP contribution < -0.4 is 15.5 Å². The number of nitro benzene ring substituents is 1. The molecule has 0 bridgehead atoms. The number of ether oxygens (including phenoxy) is 1. The van der Waals surface area contributed by atoms with Crippen molar-refractivity contribution in [2.24, 2.45) is 5.10 Å². The minimum atomic E-state index is -0.824. The van der Waals surface area contributed by atoms with E-state index >= 15 is 0 Å². The summed E-state index contributed by atoms with van der Waals surface area (Å²) in [5.74, 6) is -1.77. The Morgan fingerprint density at radius 3 is 2.42 bits per heavy atom. The van der Waals surface area contributed by atoms with Gasteiger partial charge in [0.05, 0.1) is 17.7 Å². The van der Waals surface area contributed by atoms with Crippen LogP contribution in [-0.2, 0) is 4.79 Å². The Balaban J connectivity index is 1.95. The summed E-state index contributed by atoms with van der Waals surface area (Å²) in [6.45, 7) is 1.52. The summed E-state index contributed by atoms with van der Waals surface area (Å²) in [5, 5.41) is 37.3. The molecule has 0 unspecified atom stereocenters. The second-order valence-corrected chi connectivity index (χ2v) is 7.41. The fourth-order valence-corrected chi connectivity index (χ4v) is 3.13. The Hall–Kier alpha value is -5.19. The average Bonchev–Trinajstić information content (AvgIpc) is 2.87. The highest BCUT2D eigenvalue weighted by Gasteiger charge is 2.18. The Bertz CT molecular complexity index is 1370. The molecule has 3 aromatic rings. The number of benzene rings is 3. The number of phenolic OH excluding ortho intramolecular Hbond substituents is 2. The zero-order chi connectivity index (χ0) is 26.2. The van der Waals surface area contributed by atoms with Crippen molar-refractivity contribution in [3.05, 3.63) is 99.2 Å². The van der Waals surface area contributed by atoms with Crippen LogP contribution >= 0.6 is 0 Å². The third-order valence-corrected chi connectivity index (χ3v) is 4.94. The topological polar surface area (TPSA) is 163 Å². The Kier molecular flexibility index (Phi) is 7.98. The summed E-state index contributed by atoms with van der Waals surface area (Å²) in [5.41, 5.74) is 2.74. The standard InChI is InChI=1S/C25H22N4O7/c1-15(19-10-9-18(30)14-22(19)31)27-28-25(33)20(26-24(32)17-6-4-3-5-7-17)12-16-8-11-23(36-2)21(13-16)29(34)35/h3-14,30-31H,1-2H3,(H,26,32)(H,28,33)/b20-12?,27-15+. The number of aromatic hydroxyl groups is 2. The van der Waals surface area contributed by atoms with E-state index in [1.807, 2.05) is 0 Å². The first kappa shape index (κ1) is 25.4. The van der Waals surface area contributed by atoms with E-state index in [9.17, 15) is 29.9 Å². The molecule has 0 saturated carbocycles. The van der Waals surface area contributed by atoms with Gasteiger partial charge in [-0.15, -0.1) is 0 Å². The number of carbonyl (C=O) groups excluding carboxylic acids is 2. The molecule has 0 aliphatic heterocycles. The van der Waals surface area contributed by atoms with Crippen molar-refractivity contribution in [1.82, 2.24) is 10.7 Å². The predicted molar refractivity (Wildman–Crippen MR) is 132 cm³/mol. The monoisotopic (exact) mass is 490 g/mol. The maximum atomic E-state index is 13.0. The van der Waals surface area contributed by atoms with Crippen LogP contribution in [0.4, 0.5) is 5.69 Å². The van der Waals surface area contributed by atoms with Gasteiger partial charge in [0, 0.05) is 23.3 Å². The second-order valence-electron chi connectivity index (χ2n) is 7.41. The van der Waals surface area contributed by atoms with Gasteiger partial charge in [0.25, 0.3) is 11.8 Å². The first-order valence-corrected chi connectivity index (χ1v) is 10.5. The molecule has 36 heavy (non-hydrogen) atoms. The minimum Gasteiger partial charge on any atom is -0.508 e. The molecule has 3 rings (SSSR count). The number of amides is 2. The number of phenols is 2. The molecule has 0 heterocycles. The summed E-state index contributed by atoms with van der Waals surface area (Å²) in [6, 6.07) is 16.1. The molecule has 0 aliphatic rings. The summed E-state index contributed by atoms with van der Waals surface area (Å²) in [7, 11) is 1.29. The third-order valence-electron chi connectivity index (χ3n) is 4.94. The van der Waals surface area contributed by atoms with E-state index in [1.54, 1.807) is 30.3 Å². The number of nitro groups is 1. The molecule has 2 amide bonds. The van der Waals surface area contributed by atoms with E-state index in [1.165, 1.54) is 50.4 Å². The van der Waals surface area contributed by atoms with Gasteiger partial charge < -0.3 is 20.3 Å². The van der Waals surface area contributed by atoms with Crippen molar-refractivity contribution in [2.75, 3.05) is 7.11 Å². The molecule has 0 radical (unpaired) electrons. The number of hydrazone groups is 1. The summed E-state index contributed by atoms with van der Waals surface area (Å²) in [6.07, 6.45) is 1.26. The number of rotatable bonds is 8. The maximum Gasteiger partial charge on any atom is 0.311 e. The molecular formula is C25H22N4O7. The van der Waals surface area contributed by atoms with Crippen LogP contribution in [-0.4, -0.2) is 39.8 Å². The lowest BCUT2D eigenvalue weighted by Crippen LogP contribution is -2.33. The van der Waals surface area contributed by atoms with Crippen LogP contribution in [0.1, 0.15) is 28.4 Å². The van der Waals surface area contributed by atoms with E-state index in [4.69, 9.17) is 4.74 Å². The Labute approximate surface area is 205 Å². The molecule has 3 aromatic carbocycles. The zero-order valence-electron chi connectivity index (χ0n) is 19.3. The minimum absolute atomic E-state index is 0.0328. The molecule has 184 valence electrons. The van der Waals surface area contributed by atoms with Crippen LogP contribution in [0.3, 0.4) is 0 Å². The van der Waals surface area contributed by atoms with Gasteiger partial charge in [-0.1, -0.05) is 24.3 Å². The number of nitrogens with zero attached hydrogens (tertiary/aromatic N) is 2. The molecule has 0 fully saturated rings. The van der Waals surface area contributed by atoms with Gasteiger partial charge in [-0.25, -0.2) is 5.43 Å². The van der Waals surface area contributed by atoms with Gasteiger partial charge in [0.2, 0.25) is 0 Å². The smallest absolute Gasteiger partial charge is 0.311 e. The zero-order valence-corrected chi connectivity index (χ0v) is 19.3. The molecule has 11 heteroatoms. The Morgan fingerprint density at radius 1 is 1.06 bits per heavy atom. The van der Waals surface area contributed by atoms with Gasteiger partial charge >= 0.3 is 5.69 Å². The van der Waals surface area contributed by atoms with Gasteiger partial charge in [0.15, 0.2) is 5.75 Å². The quantitative estimate of drug-likeness (QED) is 0.163. The van der Waals surface area contributed by atoms with Crippen molar-refractivity contribution in [3.8, 4) is 17.2 Å². The molecule has 0 saturated heterocycles. The predicted octanol–water partition coefficient (Wildman–Crippen LogP) is 3.33. The van der Waals surface area contributed by atoms with Crippen molar-refractivity contribution in [2.45, 2.75) is 6.92 Å². The largest absolute Gasteiger partial charge is 0.508 e. The van der Waals surface area contributed by atoms with Crippen molar-refractivity contribution in [1.29, 1.82) is 0 Å². The number of carbonyl (C=O) groups is 2. The number of hydrogen-bond donors (Lipinski definition) is 4. The summed E-state index contributed by atoms with van der Waals surface area (Å²) >= 11 is 0. The van der Waals surface area contributed by atoms with Crippen molar-refractivity contribution < 1.29 is 29.5 Å². The lowest BCUT2D eigenvalue weighted by Gasteiger charge is -2.11. The van der Waals surface area contributed by atoms with Crippen LogP contribution in [0, 0.1) is 10.1 Å². The van der Waals surface area contributed by atoms with Gasteiger partial charge in [-0.2, -0.15) is 5.10 Å². The normalized spacial score (nSPS) is 11.5. The first-order valence-electron chi connectivity index (χ1n) is 10.5. The van der Waals surface area contributed by atoms with Crippen LogP contribution in [0.15, 0.2) is 77.5 Å². The maximum absolute atomic E-state index is 13.0. The van der Waals surface area contributed by atoms with E-state index in [-0.39, 0.29) is 51.0 Å². The van der Waals surface area contributed by atoms with Gasteiger partial charge in [-0.3, -0.25) is 19.7 Å². The van der Waals surface area contributed by atoms with Gasteiger partial charge in [0.1, 0.15) is 17.2 Å². The molecule has 0 aliphatic carbocycles. The summed E-state index contributed by atoms with van der Waals surface area (Å²) < 4.78 is 5.00. The van der Waals surface area contributed by atoms with Crippen LogP contribution in [0.25, 0.3) is 6.08 Å². The Morgan fingerprint density at radius 2 is 1.78 bits per heavy atom. The van der Waals surface area contributed by atoms with E-state index in [0.717, 1.165) is 6.07 Å². The van der Waals surface area contributed by atoms with E-state index in [0.29, 0.717) is 0 Å². The number of methoxy groups -OCH3 is 1. The summed E-state index contributed by atoms with van der Waals surface area (Å²) in [4.78, 5) is 36.4. The highest BCUT2D eigenvalue weighted by Crippen LogP contribution is 2.28. The molecule has 0 spiro atoms. The molecule has 0 atom stereocenters. The van der Waals surface area contributed by atoms with Crippen LogP contribution in [0.2, 0.25) is 0 Å². The van der Waals surface area contributed by atoms with Crippen molar-refractivity contribution in [3.63, 3.8) is 0 Å². The SMILES string of the molecule is COc1ccc(C=C(NC(=O)c2ccccc2)C(=O)N/N=C(\C)c2ccc(O)cc2O)cc1[N+](=O)[O-]. The van der Waals surface area contributed by atoms with E-state index in [2.05, 4.69) is 15.8 Å². The first-order chi connectivity index (χ1) is 17.2. The highest BCUT2D eigenvalue weighted by molar-refractivity contribution is 6.06. The molecule has 11 nitrogen and oxygen atoms in total. The molecular weight excluding hydrogens is 468 g/mol. The van der Waals surface area contributed by atoms with Crippen molar-refractivity contribution >= 4 is 29.3 Å². The molecule has 4 N–H and O–H groups in total. The van der Waals surface area contributed by atoms with Gasteiger partial charge in [-0.05, 0) is 48.9 Å². The second kappa shape index (κ2) is 11.3. The number of hydrogen-bond acceptors (Lipinski definition) is 8. The molecule has 0 aromatic heterocycles. The highest BCUT2D eigenvalue weighted by atomic mass is 16.6.